The first-order chi connectivity index (χ1) is 11.8. The second-order valence-electron chi connectivity index (χ2n) is 6.23. The number of benzene rings is 2. The van der Waals surface area contributed by atoms with Crippen molar-refractivity contribution in [1.82, 2.24) is 4.90 Å². The molecular weight excluding hydrogens is 320 g/mol. The lowest BCUT2D eigenvalue weighted by Crippen LogP contribution is -2.46. The molecule has 1 heterocycles. The molecular formula is C20H25ClN2O. The maximum atomic E-state index is 5.93. The van der Waals surface area contributed by atoms with Crippen LogP contribution >= 0.6 is 11.6 Å². The standard InChI is InChI=1S/C20H25ClN2O/c1-24-20-7-3-2-6-19(20)23-15-13-22(14-16-23)12-4-5-17-8-10-18(21)11-9-17/h2-3,6-11H,4-5,12-16H2,1H3. The quantitative estimate of drug-likeness (QED) is 0.784. The van der Waals surface area contributed by atoms with Crippen LogP contribution in [-0.4, -0.2) is 44.7 Å². The molecule has 0 aromatic heterocycles. The van der Waals surface area contributed by atoms with E-state index in [4.69, 9.17) is 16.3 Å². The van der Waals surface area contributed by atoms with Crippen LogP contribution in [-0.2, 0) is 6.42 Å². The van der Waals surface area contributed by atoms with Gasteiger partial charge in [0.25, 0.3) is 0 Å². The number of ether oxygens (including phenoxy) is 1. The van der Waals surface area contributed by atoms with E-state index >= 15 is 0 Å². The van der Waals surface area contributed by atoms with Gasteiger partial charge in [-0.25, -0.2) is 0 Å². The third-order valence-corrected chi connectivity index (χ3v) is 4.90. The lowest BCUT2D eigenvalue weighted by Gasteiger charge is -2.36. The number of aryl methyl sites for hydroxylation is 1. The lowest BCUT2D eigenvalue weighted by atomic mass is 10.1. The van der Waals surface area contributed by atoms with Crippen LogP contribution in [0.3, 0.4) is 0 Å². The van der Waals surface area contributed by atoms with Crippen molar-refractivity contribution < 1.29 is 4.74 Å². The van der Waals surface area contributed by atoms with Gasteiger partial charge in [0.1, 0.15) is 5.75 Å². The molecule has 3 nitrogen and oxygen atoms in total. The number of piperazine rings is 1. The highest BCUT2D eigenvalue weighted by atomic mass is 35.5. The highest BCUT2D eigenvalue weighted by Gasteiger charge is 2.18. The molecule has 1 fully saturated rings. The van der Waals surface area contributed by atoms with Crippen molar-refractivity contribution in [2.24, 2.45) is 0 Å². The molecule has 0 N–H and O–H groups in total. The first-order valence-corrected chi connectivity index (χ1v) is 8.99. The number of hydrogen-bond acceptors (Lipinski definition) is 3. The molecule has 1 aliphatic rings. The zero-order valence-electron chi connectivity index (χ0n) is 14.2. The molecule has 128 valence electrons. The highest BCUT2D eigenvalue weighted by Crippen LogP contribution is 2.28. The minimum atomic E-state index is 0.811. The minimum absolute atomic E-state index is 0.811. The molecule has 4 heteroatoms. The summed E-state index contributed by atoms with van der Waals surface area (Å²) in [7, 11) is 1.74. The van der Waals surface area contributed by atoms with E-state index in [1.165, 1.54) is 17.7 Å². The average Bonchev–Trinajstić information content (AvgIpc) is 2.64. The number of methoxy groups -OCH3 is 1. The molecule has 0 spiro atoms. The number of halogens is 1. The van der Waals surface area contributed by atoms with Gasteiger partial charge < -0.3 is 9.64 Å². The summed E-state index contributed by atoms with van der Waals surface area (Å²) in [5.74, 6) is 0.966. The fraction of sp³-hybridized carbons (Fsp3) is 0.400. The Labute approximate surface area is 149 Å². The Hall–Kier alpha value is -1.71. The van der Waals surface area contributed by atoms with E-state index in [0.717, 1.165) is 49.9 Å². The van der Waals surface area contributed by atoms with Crippen LogP contribution in [0.4, 0.5) is 5.69 Å². The molecule has 0 amide bonds. The molecule has 0 radical (unpaired) electrons. The molecule has 0 saturated carbocycles. The van der Waals surface area contributed by atoms with Gasteiger partial charge in [-0.3, -0.25) is 4.90 Å². The second kappa shape index (κ2) is 8.41. The summed E-state index contributed by atoms with van der Waals surface area (Å²) < 4.78 is 5.48. The summed E-state index contributed by atoms with van der Waals surface area (Å²) in [6.07, 6.45) is 2.31. The number of rotatable bonds is 6. The van der Waals surface area contributed by atoms with Crippen LogP contribution in [0.15, 0.2) is 48.5 Å². The van der Waals surface area contributed by atoms with Crippen molar-refractivity contribution in [2.45, 2.75) is 12.8 Å². The van der Waals surface area contributed by atoms with Crippen LogP contribution in [0.1, 0.15) is 12.0 Å². The van der Waals surface area contributed by atoms with Gasteiger partial charge in [-0.1, -0.05) is 35.9 Å². The van der Waals surface area contributed by atoms with Crippen molar-refractivity contribution >= 4 is 17.3 Å². The van der Waals surface area contributed by atoms with E-state index in [1.54, 1.807) is 7.11 Å². The molecule has 3 rings (SSSR count). The Balaban J connectivity index is 1.44. The van der Waals surface area contributed by atoms with E-state index < -0.39 is 0 Å². The van der Waals surface area contributed by atoms with Gasteiger partial charge in [-0.2, -0.15) is 0 Å². The van der Waals surface area contributed by atoms with Crippen molar-refractivity contribution in [3.05, 3.63) is 59.1 Å². The molecule has 0 atom stereocenters. The van der Waals surface area contributed by atoms with Crippen LogP contribution in [0.25, 0.3) is 0 Å². The Bertz CT molecular complexity index is 636. The van der Waals surface area contributed by atoms with Gasteiger partial charge in [0.15, 0.2) is 0 Å². The second-order valence-corrected chi connectivity index (χ2v) is 6.67. The highest BCUT2D eigenvalue weighted by molar-refractivity contribution is 6.30. The van der Waals surface area contributed by atoms with Gasteiger partial charge in [0, 0.05) is 31.2 Å². The van der Waals surface area contributed by atoms with Gasteiger partial charge in [-0.15, -0.1) is 0 Å². The minimum Gasteiger partial charge on any atom is -0.495 e. The number of anilines is 1. The van der Waals surface area contributed by atoms with Crippen LogP contribution in [0, 0.1) is 0 Å². The van der Waals surface area contributed by atoms with Crippen molar-refractivity contribution in [3.63, 3.8) is 0 Å². The lowest BCUT2D eigenvalue weighted by molar-refractivity contribution is 0.254. The zero-order chi connectivity index (χ0) is 16.8. The van der Waals surface area contributed by atoms with Gasteiger partial charge in [-0.05, 0) is 49.2 Å². The summed E-state index contributed by atoms with van der Waals surface area (Å²) in [5.41, 5.74) is 2.58. The summed E-state index contributed by atoms with van der Waals surface area (Å²) in [6.45, 7) is 5.49. The number of nitrogens with zero attached hydrogens (tertiary/aromatic N) is 2. The fourth-order valence-electron chi connectivity index (χ4n) is 3.26. The monoisotopic (exact) mass is 344 g/mol. The molecule has 2 aromatic carbocycles. The van der Waals surface area contributed by atoms with Crippen molar-refractivity contribution in [1.29, 1.82) is 0 Å². The fourth-order valence-corrected chi connectivity index (χ4v) is 3.39. The number of hydrogen-bond donors (Lipinski definition) is 0. The van der Waals surface area contributed by atoms with Gasteiger partial charge >= 0.3 is 0 Å². The smallest absolute Gasteiger partial charge is 0.142 e. The van der Waals surface area contributed by atoms with E-state index in [2.05, 4.69) is 34.1 Å². The Kier molecular flexibility index (Phi) is 6.00. The van der Waals surface area contributed by atoms with Gasteiger partial charge in [0.05, 0.1) is 12.8 Å². The summed E-state index contributed by atoms with van der Waals surface area (Å²) >= 11 is 5.93. The SMILES string of the molecule is COc1ccccc1N1CCN(CCCc2ccc(Cl)cc2)CC1. The van der Waals surface area contributed by atoms with E-state index in [1.807, 2.05) is 24.3 Å². The largest absolute Gasteiger partial charge is 0.495 e. The Morgan fingerprint density at radius 1 is 0.958 bits per heavy atom. The average molecular weight is 345 g/mol. The van der Waals surface area contributed by atoms with E-state index in [9.17, 15) is 0 Å². The van der Waals surface area contributed by atoms with Crippen molar-refractivity contribution in [2.75, 3.05) is 44.7 Å². The van der Waals surface area contributed by atoms with Crippen LogP contribution in [0.2, 0.25) is 5.02 Å². The maximum absolute atomic E-state index is 5.93. The molecule has 1 saturated heterocycles. The molecule has 0 bridgehead atoms. The predicted molar refractivity (Wildman–Crippen MR) is 101 cm³/mol. The maximum Gasteiger partial charge on any atom is 0.142 e. The summed E-state index contributed by atoms with van der Waals surface area (Å²) in [5, 5.41) is 0.811. The summed E-state index contributed by atoms with van der Waals surface area (Å²) in [4.78, 5) is 4.98. The molecule has 2 aromatic rings. The molecule has 24 heavy (non-hydrogen) atoms. The van der Waals surface area contributed by atoms with Crippen LogP contribution in [0.5, 0.6) is 5.75 Å². The first kappa shape index (κ1) is 17.1. The molecule has 0 unspecified atom stereocenters. The predicted octanol–water partition coefficient (Wildman–Crippen LogP) is 4.10. The zero-order valence-corrected chi connectivity index (χ0v) is 15.0. The van der Waals surface area contributed by atoms with Gasteiger partial charge in [0.2, 0.25) is 0 Å². The molecule has 1 aliphatic heterocycles. The normalized spacial score (nSPS) is 15.5. The Morgan fingerprint density at radius 3 is 2.38 bits per heavy atom. The third-order valence-electron chi connectivity index (χ3n) is 4.65. The van der Waals surface area contributed by atoms with Crippen LogP contribution < -0.4 is 9.64 Å². The van der Waals surface area contributed by atoms with Crippen molar-refractivity contribution in [3.8, 4) is 5.75 Å². The Morgan fingerprint density at radius 2 is 1.67 bits per heavy atom. The van der Waals surface area contributed by atoms with E-state index in [0.29, 0.717) is 0 Å². The van der Waals surface area contributed by atoms with E-state index in [-0.39, 0.29) is 0 Å². The topological polar surface area (TPSA) is 15.7 Å². The third kappa shape index (κ3) is 4.43. The summed E-state index contributed by atoms with van der Waals surface area (Å²) in [6, 6.07) is 16.5. The number of para-hydroxylation sites is 2. The molecule has 0 aliphatic carbocycles. The first-order valence-electron chi connectivity index (χ1n) is 8.61.